The molecule has 8 aliphatic carbocycles. The van der Waals surface area contributed by atoms with Gasteiger partial charge in [0.15, 0.2) is 0 Å². The van der Waals surface area contributed by atoms with Crippen molar-refractivity contribution in [1.29, 1.82) is 0 Å². The number of allylic oxidation sites excluding steroid dienone is 2. The lowest BCUT2D eigenvalue weighted by molar-refractivity contribution is -0.0927. The van der Waals surface area contributed by atoms with Gasteiger partial charge in [-0.25, -0.2) is 0 Å². The molecule has 8 rings (SSSR count). The van der Waals surface area contributed by atoms with Crippen LogP contribution >= 0.6 is 0 Å². The molecular formula is C54H90O. The zero-order valence-corrected chi connectivity index (χ0v) is 38.2. The third kappa shape index (κ3) is 7.27. The van der Waals surface area contributed by atoms with Gasteiger partial charge in [0.25, 0.3) is 0 Å². The topological polar surface area (TPSA) is 9.23 Å². The maximum absolute atomic E-state index is 7.26. The van der Waals surface area contributed by atoms with Gasteiger partial charge in [-0.15, -0.1) is 0 Å². The van der Waals surface area contributed by atoms with Crippen molar-refractivity contribution in [2.24, 2.45) is 92.7 Å². The molecule has 1 heteroatoms. The van der Waals surface area contributed by atoms with Crippen LogP contribution in [0, 0.1) is 92.7 Å². The van der Waals surface area contributed by atoms with E-state index in [1.54, 1.807) is 0 Å². The van der Waals surface area contributed by atoms with Crippen LogP contribution in [0.4, 0.5) is 0 Å². The monoisotopic (exact) mass is 755 g/mol. The molecule has 55 heavy (non-hydrogen) atoms. The van der Waals surface area contributed by atoms with Crippen LogP contribution in [0.5, 0.6) is 0 Å². The number of ether oxygens (including phenoxy) is 1. The van der Waals surface area contributed by atoms with Gasteiger partial charge in [-0.05, 0) is 195 Å². The lowest BCUT2D eigenvalue weighted by Crippen LogP contribution is -2.52. The van der Waals surface area contributed by atoms with E-state index in [1.165, 1.54) is 141 Å². The third-order valence-electron chi connectivity index (χ3n) is 20.9. The first kappa shape index (κ1) is 41.2. The summed E-state index contributed by atoms with van der Waals surface area (Å²) < 4.78 is 7.26. The smallest absolute Gasteiger partial charge is 0.0616 e. The number of hydrogen-bond donors (Lipinski definition) is 0. The lowest BCUT2D eigenvalue weighted by Gasteiger charge is -2.59. The molecule has 0 N–H and O–H groups in total. The van der Waals surface area contributed by atoms with Crippen molar-refractivity contribution in [3.05, 3.63) is 23.3 Å². The zero-order chi connectivity index (χ0) is 38.9. The highest BCUT2D eigenvalue weighted by Gasteiger charge is 2.61. The Morgan fingerprint density at radius 1 is 0.509 bits per heavy atom. The first-order chi connectivity index (χ1) is 26.2. The quantitative estimate of drug-likeness (QED) is 0.180. The van der Waals surface area contributed by atoms with Crippen LogP contribution in [0.3, 0.4) is 0 Å². The largest absolute Gasteiger partial charge is 0.374 e. The first-order valence-electron chi connectivity index (χ1n) is 25.2. The van der Waals surface area contributed by atoms with E-state index in [4.69, 9.17) is 4.74 Å². The molecule has 16 atom stereocenters. The predicted molar refractivity (Wildman–Crippen MR) is 235 cm³/mol. The highest BCUT2D eigenvalue weighted by Crippen LogP contribution is 2.69. The summed E-state index contributed by atoms with van der Waals surface area (Å²) in [6, 6.07) is 0. The first-order valence-corrected chi connectivity index (χ1v) is 25.2. The van der Waals surface area contributed by atoms with E-state index >= 15 is 0 Å². The highest BCUT2D eigenvalue weighted by molar-refractivity contribution is 5.27. The summed E-state index contributed by atoms with van der Waals surface area (Å²) in [5, 5.41) is 0. The van der Waals surface area contributed by atoms with E-state index in [1.807, 2.05) is 11.1 Å². The highest BCUT2D eigenvalue weighted by atomic mass is 16.5. The Hall–Kier alpha value is -0.560. The number of fused-ring (bicyclic) bond motifs is 10. The average molecular weight is 755 g/mol. The Kier molecular flexibility index (Phi) is 11.8. The molecule has 0 aromatic rings. The van der Waals surface area contributed by atoms with Gasteiger partial charge < -0.3 is 4.74 Å². The van der Waals surface area contributed by atoms with E-state index in [0.717, 1.165) is 71.0 Å². The summed E-state index contributed by atoms with van der Waals surface area (Å²) in [5.41, 5.74) is 5.67. The lowest BCUT2D eigenvalue weighted by atomic mass is 9.46. The molecule has 312 valence electrons. The van der Waals surface area contributed by atoms with E-state index in [0.29, 0.717) is 33.9 Å². The summed E-state index contributed by atoms with van der Waals surface area (Å²) >= 11 is 0. The van der Waals surface area contributed by atoms with Crippen molar-refractivity contribution in [2.45, 2.75) is 223 Å². The number of rotatable bonds is 12. The summed E-state index contributed by atoms with van der Waals surface area (Å²) in [5.74, 6) is 11.1. The average Bonchev–Trinajstić information content (AvgIpc) is 3.68. The Bertz CT molecular complexity index is 1300. The molecule has 0 spiro atoms. The van der Waals surface area contributed by atoms with Crippen molar-refractivity contribution >= 4 is 0 Å². The van der Waals surface area contributed by atoms with E-state index in [9.17, 15) is 0 Å². The molecule has 0 aliphatic heterocycles. The Morgan fingerprint density at radius 2 is 0.927 bits per heavy atom. The van der Waals surface area contributed by atoms with E-state index < -0.39 is 0 Å². The SMILES string of the molecule is CC(C)CCC[C@@H](C)[C@H]1CCC2C3CC=C4CC(OC5CC[C@@]6(C)C(=CCC7C6CC[C@@]6(C)C7CC[C@@H]6[C@H](C)CCCC(C)C)C5)CC[C@]4(C)C3CC[C@@]21C. The van der Waals surface area contributed by atoms with Gasteiger partial charge >= 0.3 is 0 Å². The van der Waals surface area contributed by atoms with Crippen molar-refractivity contribution in [2.75, 3.05) is 0 Å². The molecule has 1 nitrogen and oxygen atoms in total. The van der Waals surface area contributed by atoms with Crippen LogP contribution in [0.1, 0.15) is 210 Å². The van der Waals surface area contributed by atoms with Gasteiger partial charge in [-0.3, -0.25) is 0 Å². The van der Waals surface area contributed by atoms with Crippen molar-refractivity contribution < 1.29 is 4.74 Å². The fourth-order valence-corrected chi connectivity index (χ4v) is 17.8. The van der Waals surface area contributed by atoms with Gasteiger partial charge in [-0.1, -0.05) is 131 Å². The molecular weight excluding hydrogens is 665 g/mol. The van der Waals surface area contributed by atoms with Crippen LogP contribution in [-0.4, -0.2) is 12.2 Å². The molecule has 0 saturated heterocycles. The molecule has 6 saturated carbocycles. The van der Waals surface area contributed by atoms with E-state index in [2.05, 4.69) is 81.4 Å². The molecule has 0 bridgehead atoms. The minimum absolute atomic E-state index is 0.428. The summed E-state index contributed by atoms with van der Waals surface area (Å²) in [6.07, 6.45) is 37.7. The van der Waals surface area contributed by atoms with Gasteiger partial charge in [0.2, 0.25) is 0 Å². The fraction of sp³-hybridized carbons (Fsp3) is 0.926. The third-order valence-corrected chi connectivity index (χ3v) is 20.9. The summed E-state index contributed by atoms with van der Waals surface area (Å²) in [7, 11) is 0. The standard InChI is InChI=1S/C54H90O/c1-35(2)13-11-15-37(5)45-21-23-47-43-19-17-39-33-41(25-29-51(39,7)49(43)27-31-53(45,47)9)55-42-26-30-52(8)40(34-42)18-20-44-48-24-22-46(38(6)16-12-14-36(3)4)54(48,10)32-28-50(44)52/h17-18,35-38,41-50H,11-16,19-34H2,1-10H3/t37-,38-,41?,42?,43?,44?,45-,46-,47?,48?,49?,50?,51+,52+,53-,54-/m1/s1. The maximum atomic E-state index is 7.26. The molecule has 6 fully saturated rings. The second-order valence-electron chi connectivity index (χ2n) is 24.4. The molecule has 8 aliphatic rings. The van der Waals surface area contributed by atoms with Crippen LogP contribution in [0.15, 0.2) is 23.3 Å². The summed E-state index contributed by atoms with van der Waals surface area (Å²) in [6.45, 7) is 25.9. The second kappa shape index (κ2) is 15.8. The Morgan fingerprint density at radius 3 is 1.33 bits per heavy atom. The van der Waals surface area contributed by atoms with Gasteiger partial charge in [0, 0.05) is 0 Å². The number of hydrogen-bond acceptors (Lipinski definition) is 1. The fourth-order valence-electron chi connectivity index (χ4n) is 17.8. The van der Waals surface area contributed by atoms with Gasteiger partial charge in [0.1, 0.15) is 0 Å². The minimum atomic E-state index is 0.428. The maximum Gasteiger partial charge on any atom is 0.0616 e. The van der Waals surface area contributed by atoms with Crippen LogP contribution in [0.25, 0.3) is 0 Å². The zero-order valence-electron chi connectivity index (χ0n) is 38.2. The normalized spacial score (nSPS) is 47.5. The second-order valence-corrected chi connectivity index (χ2v) is 24.4. The summed E-state index contributed by atoms with van der Waals surface area (Å²) in [4.78, 5) is 0. The van der Waals surface area contributed by atoms with E-state index in [-0.39, 0.29) is 0 Å². The molecule has 8 unspecified atom stereocenters. The molecule has 0 heterocycles. The molecule has 0 amide bonds. The molecule has 0 radical (unpaired) electrons. The Balaban J connectivity index is 0.872. The Labute approximate surface area is 342 Å². The van der Waals surface area contributed by atoms with Crippen molar-refractivity contribution in [3.8, 4) is 0 Å². The predicted octanol–water partition coefficient (Wildman–Crippen LogP) is 15.8. The minimum Gasteiger partial charge on any atom is -0.374 e. The van der Waals surface area contributed by atoms with Crippen LogP contribution in [0.2, 0.25) is 0 Å². The van der Waals surface area contributed by atoms with Gasteiger partial charge in [0.05, 0.1) is 12.2 Å². The van der Waals surface area contributed by atoms with Crippen molar-refractivity contribution in [1.82, 2.24) is 0 Å². The van der Waals surface area contributed by atoms with Crippen molar-refractivity contribution in [3.63, 3.8) is 0 Å². The van der Waals surface area contributed by atoms with Crippen LogP contribution < -0.4 is 0 Å². The van der Waals surface area contributed by atoms with Gasteiger partial charge in [-0.2, -0.15) is 0 Å². The van der Waals surface area contributed by atoms with Crippen LogP contribution in [-0.2, 0) is 4.74 Å². The molecule has 0 aromatic carbocycles. The molecule has 0 aromatic heterocycles.